The van der Waals surface area contributed by atoms with Crippen molar-refractivity contribution in [1.82, 2.24) is 9.29 Å². The van der Waals surface area contributed by atoms with Gasteiger partial charge in [0.25, 0.3) is 5.69 Å². The quantitative estimate of drug-likeness (QED) is 0.393. The molecule has 3 rings (SSSR count). The predicted molar refractivity (Wildman–Crippen MR) is 104 cm³/mol. The molecule has 1 fully saturated rings. The molecule has 1 saturated heterocycles. The third kappa shape index (κ3) is 4.51. The molecule has 1 aliphatic rings. The third-order valence-electron chi connectivity index (χ3n) is 4.51. The first-order chi connectivity index (χ1) is 13.8. The van der Waals surface area contributed by atoms with Crippen molar-refractivity contribution in [3.63, 3.8) is 0 Å². The molecule has 29 heavy (non-hydrogen) atoms. The molecular weight excluding hydrogens is 400 g/mol. The van der Waals surface area contributed by atoms with Crippen molar-refractivity contribution in [2.24, 2.45) is 0 Å². The predicted octanol–water partition coefficient (Wildman–Crippen LogP) is 1.68. The SMILES string of the molecule is CCOC(=O)c1ccc(N2CCN(S(=O)(=O)c3ccc([N+](=O)[O-])cc3)CC2)nc1. The number of piperazine rings is 1. The van der Waals surface area contributed by atoms with Crippen LogP contribution in [0.5, 0.6) is 0 Å². The number of rotatable bonds is 6. The number of non-ortho nitro benzene ring substituents is 1. The van der Waals surface area contributed by atoms with Gasteiger partial charge in [0.1, 0.15) is 5.82 Å². The zero-order chi connectivity index (χ0) is 21.0. The number of benzene rings is 1. The molecule has 0 N–H and O–H groups in total. The lowest BCUT2D eigenvalue weighted by Gasteiger charge is -2.34. The van der Waals surface area contributed by atoms with Gasteiger partial charge in [-0.1, -0.05) is 0 Å². The summed E-state index contributed by atoms with van der Waals surface area (Å²) in [6.45, 7) is 3.37. The zero-order valence-electron chi connectivity index (χ0n) is 15.7. The molecule has 1 aliphatic heterocycles. The Morgan fingerprint density at radius 1 is 1.14 bits per heavy atom. The summed E-state index contributed by atoms with van der Waals surface area (Å²) in [5.41, 5.74) is 0.195. The van der Waals surface area contributed by atoms with E-state index in [9.17, 15) is 23.3 Å². The van der Waals surface area contributed by atoms with E-state index in [1.54, 1.807) is 19.1 Å². The van der Waals surface area contributed by atoms with E-state index < -0.39 is 20.9 Å². The van der Waals surface area contributed by atoms with Crippen molar-refractivity contribution in [3.8, 4) is 0 Å². The number of carbonyl (C=O) groups is 1. The number of hydrogen-bond donors (Lipinski definition) is 0. The van der Waals surface area contributed by atoms with E-state index in [1.165, 1.54) is 34.8 Å². The minimum Gasteiger partial charge on any atom is -0.462 e. The molecule has 1 aromatic heterocycles. The first kappa shape index (κ1) is 20.7. The maximum Gasteiger partial charge on any atom is 0.339 e. The molecule has 154 valence electrons. The van der Waals surface area contributed by atoms with Gasteiger partial charge in [0, 0.05) is 44.5 Å². The third-order valence-corrected chi connectivity index (χ3v) is 6.42. The van der Waals surface area contributed by atoms with Crippen LogP contribution in [0.4, 0.5) is 11.5 Å². The van der Waals surface area contributed by atoms with Crippen molar-refractivity contribution in [2.75, 3.05) is 37.7 Å². The van der Waals surface area contributed by atoms with E-state index in [-0.39, 0.29) is 30.3 Å². The van der Waals surface area contributed by atoms with E-state index in [1.807, 2.05) is 4.90 Å². The molecule has 10 nitrogen and oxygen atoms in total. The molecule has 2 aromatic rings. The smallest absolute Gasteiger partial charge is 0.339 e. The van der Waals surface area contributed by atoms with Crippen LogP contribution in [0.15, 0.2) is 47.5 Å². The average molecular weight is 420 g/mol. The van der Waals surface area contributed by atoms with Crippen LogP contribution in [0.1, 0.15) is 17.3 Å². The van der Waals surface area contributed by atoms with E-state index in [4.69, 9.17) is 4.74 Å². The van der Waals surface area contributed by atoms with Crippen LogP contribution in [-0.4, -0.2) is 61.4 Å². The normalized spacial score (nSPS) is 15.1. The Bertz CT molecular complexity index is 984. The fraction of sp³-hybridized carbons (Fsp3) is 0.333. The van der Waals surface area contributed by atoms with E-state index in [2.05, 4.69) is 4.98 Å². The highest BCUT2D eigenvalue weighted by atomic mass is 32.2. The van der Waals surface area contributed by atoms with Gasteiger partial charge >= 0.3 is 5.97 Å². The zero-order valence-corrected chi connectivity index (χ0v) is 16.5. The number of ether oxygens (including phenoxy) is 1. The highest BCUT2D eigenvalue weighted by Crippen LogP contribution is 2.22. The van der Waals surface area contributed by atoms with Crippen LogP contribution in [-0.2, 0) is 14.8 Å². The molecule has 0 aliphatic carbocycles. The number of nitro benzene ring substituents is 1. The molecule has 11 heteroatoms. The fourth-order valence-corrected chi connectivity index (χ4v) is 4.38. The van der Waals surface area contributed by atoms with Crippen molar-refractivity contribution in [2.45, 2.75) is 11.8 Å². The summed E-state index contributed by atoms with van der Waals surface area (Å²) in [5.74, 6) is 0.205. The molecule has 0 atom stereocenters. The van der Waals surface area contributed by atoms with Crippen molar-refractivity contribution < 1.29 is 22.9 Å². The highest BCUT2D eigenvalue weighted by Gasteiger charge is 2.29. The monoisotopic (exact) mass is 420 g/mol. The number of anilines is 1. The molecule has 0 amide bonds. The minimum atomic E-state index is -3.73. The van der Waals surface area contributed by atoms with Crippen LogP contribution in [0, 0.1) is 10.1 Å². The van der Waals surface area contributed by atoms with Gasteiger partial charge in [-0.05, 0) is 31.2 Å². The number of nitrogens with zero attached hydrogens (tertiary/aromatic N) is 4. The van der Waals surface area contributed by atoms with Crippen molar-refractivity contribution in [3.05, 3.63) is 58.3 Å². The van der Waals surface area contributed by atoms with Gasteiger partial charge in [-0.3, -0.25) is 10.1 Å². The van der Waals surface area contributed by atoms with Gasteiger partial charge in [-0.25, -0.2) is 18.2 Å². The molecular formula is C18H20N4O6S. The number of hydrogen-bond acceptors (Lipinski definition) is 8. The summed E-state index contributed by atoms with van der Waals surface area (Å²) in [6.07, 6.45) is 1.44. The molecule has 0 saturated carbocycles. The lowest BCUT2D eigenvalue weighted by molar-refractivity contribution is -0.384. The van der Waals surface area contributed by atoms with Gasteiger partial charge in [-0.15, -0.1) is 0 Å². The Balaban J connectivity index is 1.65. The topological polar surface area (TPSA) is 123 Å². The standard InChI is InChI=1S/C18H20N4O6S/c1-2-28-18(23)14-3-8-17(19-13-14)20-9-11-21(12-10-20)29(26,27)16-6-4-15(5-7-16)22(24)25/h3-8,13H,2,9-12H2,1H3. The van der Waals surface area contributed by atoms with E-state index >= 15 is 0 Å². The molecule has 0 spiro atoms. The Morgan fingerprint density at radius 2 is 1.79 bits per heavy atom. The van der Waals surface area contributed by atoms with Gasteiger partial charge in [0.05, 0.1) is 22.0 Å². The summed E-state index contributed by atoms with van der Waals surface area (Å²) < 4.78 is 31.8. The summed E-state index contributed by atoms with van der Waals surface area (Å²) in [4.78, 5) is 28.1. The van der Waals surface area contributed by atoms with Crippen LogP contribution in [0.2, 0.25) is 0 Å². The lowest BCUT2D eigenvalue weighted by atomic mass is 10.2. The summed E-state index contributed by atoms with van der Waals surface area (Å²) in [6, 6.07) is 8.17. The number of carbonyl (C=O) groups excluding carboxylic acids is 1. The Hall–Kier alpha value is -3.05. The van der Waals surface area contributed by atoms with Crippen LogP contribution >= 0.6 is 0 Å². The first-order valence-corrected chi connectivity index (χ1v) is 10.4. The second-order valence-electron chi connectivity index (χ2n) is 6.27. The number of sulfonamides is 1. The summed E-state index contributed by atoms with van der Waals surface area (Å²) in [5, 5.41) is 10.7. The Labute approximate surface area is 167 Å². The molecule has 0 bridgehead atoms. The molecule has 0 unspecified atom stereocenters. The molecule has 0 radical (unpaired) electrons. The lowest BCUT2D eigenvalue weighted by Crippen LogP contribution is -2.48. The van der Waals surface area contributed by atoms with Gasteiger partial charge in [0.2, 0.25) is 10.0 Å². The van der Waals surface area contributed by atoms with E-state index in [0.29, 0.717) is 24.5 Å². The van der Waals surface area contributed by atoms with Crippen molar-refractivity contribution in [1.29, 1.82) is 0 Å². The summed E-state index contributed by atoms with van der Waals surface area (Å²) in [7, 11) is -3.73. The van der Waals surface area contributed by atoms with Gasteiger partial charge in [0.15, 0.2) is 0 Å². The summed E-state index contributed by atoms with van der Waals surface area (Å²) >= 11 is 0. The van der Waals surface area contributed by atoms with E-state index in [0.717, 1.165) is 0 Å². The van der Waals surface area contributed by atoms with Gasteiger partial charge in [-0.2, -0.15) is 4.31 Å². The van der Waals surface area contributed by atoms with Crippen LogP contribution in [0.25, 0.3) is 0 Å². The number of nitro groups is 1. The molecule has 1 aromatic carbocycles. The maximum absolute atomic E-state index is 12.8. The first-order valence-electron chi connectivity index (χ1n) is 8.95. The largest absolute Gasteiger partial charge is 0.462 e. The number of aromatic nitrogens is 1. The maximum atomic E-state index is 12.8. The minimum absolute atomic E-state index is 0.0217. The fourth-order valence-electron chi connectivity index (χ4n) is 2.95. The van der Waals surface area contributed by atoms with Crippen LogP contribution < -0.4 is 4.90 Å². The highest BCUT2D eigenvalue weighted by molar-refractivity contribution is 7.89. The second kappa shape index (κ2) is 8.53. The Kier molecular flexibility index (Phi) is 6.09. The number of esters is 1. The number of pyridine rings is 1. The van der Waals surface area contributed by atoms with Crippen molar-refractivity contribution >= 4 is 27.5 Å². The van der Waals surface area contributed by atoms with Gasteiger partial charge < -0.3 is 9.64 Å². The Morgan fingerprint density at radius 3 is 2.31 bits per heavy atom. The molecule has 2 heterocycles. The van der Waals surface area contributed by atoms with Crippen LogP contribution in [0.3, 0.4) is 0 Å². The average Bonchev–Trinajstić information content (AvgIpc) is 2.74. The second-order valence-corrected chi connectivity index (χ2v) is 8.21.